The number of benzene rings is 1. The first-order chi connectivity index (χ1) is 9.50. The van der Waals surface area contributed by atoms with E-state index >= 15 is 0 Å². The molecule has 1 unspecified atom stereocenters. The molecule has 0 fully saturated rings. The molecular formula is C16H23FN2O. The van der Waals surface area contributed by atoms with Gasteiger partial charge in [-0.15, -0.1) is 0 Å². The number of unbranched alkanes of at least 4 members (excludes halogenated alkanes) is 1. The lowest BCUT2D eigenvalue weighted by Gasteiger charge is -2.22. The van der Waals surface area contributed by atoms with Gasteiger partial charge in [-0.05, 0) is 63.4 Å². The molecule has 0 saturated heterocycles. The Hall–Kier alpha value is -1.60. The zero-order valence-electron chi connectivity index (χ0n) is 12.5. The van der Waals surface area contributed by atoms with Crippen LogP contribution in [-0.4, -0.2) is 18.7 Å². The standard InChI is InChI=1S/C16H23FN2O/c1-4-19-16(3,12-18)9-5-6-10-20-14-7-8-15(17)13(2)11-14/h7-8,11,19H,4-6,9-10H2,1-3H3. The van der Waals surface area contributed by atoms with Crippen LogP contribution in [0.5, 0.6) is 5.75 Å². The number of nitrogens with zero attached hydrogens (tertiary/aromatic N) is 1. The first-order valence-corrected chi connectivity index (χ1v) is 7.06. The molecule has 1 N–H and O–H groups in total. The molecule has 1 aromatic carbocycles. The summed E-state index contributed by atoms with van der Waals surface area (Å²) in [5.74, 6) is 0.478. The predicted molar refractivity (Wildman–Crippen MR) is 78.2 cm³/mol. The first kappa shape index (κ1) is 16.5. The molecule has 110 valence electrons. The van der Waals surface area contributed by atoms with Gasteiger partial charge >= 0.3 is 0 Å². The summed E-state index contributed by atoms with van der Waals surface area (Å²) in [6.45, 7) is 7.00. The Balaban J connectivity index is 2.28. The minimum absolute atomic E-state index is 0.215. The highest BCUT2D eigenvalue weighted by atomic mass is 19.1. The molecule has 3 nitrogen and oxygen atoms in total. The zero-order chi connectivity index (χ0) is 15.0. The van der Waals surface area contributed by atoms with E-state index in [0.29, 0.717) is 17.9 Å². The van der Waals surface area contributed by atoms with E-state index in [1.807, 2.05) is 13.8 Å². The number of nitrogens with one attached hydrogen (secondary N) is 1. The average molecular weight is 278 g/mol. The van der Waals surface area contributed by atoms with Crippen LogP contribution in [0.2, 0.25) is 0 Å². The van der Waals surface area contributed by atoms with E-state index in [0.717, 1.165) is 25.8 Å². The third kappa shape index (κ3) is 5.18. The van der Waals surface area contributed by atoms with Gasteiger partial charge in [0.15, 0.2) is 0 Å². The summed E-state index contributed by atoms with van der Waals surface area (Å²) in [6.07, 6.45) is 2.58. The Bertz CT molecular complexity index is 470. The largest absolute Gasteiger partial charge is 0.494 e. The summed E-state index contributed by atoms with van der Waals surface area (Å²) in [5.41, 5.74) is 0.132. The quantitative estimate of drug-likeness (QED) is 0.739. The molecule has 0 radical (unpaired) electrons. The lowest BCUT2D eigenvalue weighted by atomic mass is 9.97. The lowest BCUT2D eigenvalue weighted by molar-refractivity contribution is 0.295. The fourth-order valence-electron chi connectivity index (χ4n) is 2.05. The molecule has 0 heterocycles. The molecule has 0 spiro atoms. The monoisotopic (exact) mass is 278 g/mol. The molecule has 0 saturated carbocycles. The molecule has 0 amide bonds. The maximum Gasteiger partial charge on any atom is 0.126 e. The van der Waals surface area contributed by atoms with Crippen LogP contribution in [0.25, 0.3) is 0 Å². The zero-order valence-corrected chi connectivity index (χ0v) is 12.5. The van der Waals surface area contributed by atoms with Crippen molar-refractivity contribution >= 4 is 0 Å². The summed E-state index contributed by atoms with van der Waals surface area (Å²) in [7, 11) is 0. The molecule has 0 aromatic heterocycles. The van der Waals surface area contributed by atoms with E-state index in [-0.39, 0.29) is 5.82 Å². The third-order valence-corrected chi connectivity index (χ3v) is 3.28. The normalized spacial score (nSPS) is 13.6. The molecule has 0 aliphatic carbocycles. The van der Waals surface area contributed by atoms with Crippen LogP contribution in [0.1, 0.15) is 38.7 Å². The van der Waals surface area contributed by atoms with Crippen molar-refractivity contribution in [3.8, 4) is 11.8 Å². The Morgan fingerprint density at radius 1 is 1.40 bits per heavy atom. The van der Waals surface area contributed by atoms with E-state index in [1.165, 1.54) is 6.07 Å². The van der Waals surface area contributed by atoms with Gasteiger partial charge in [-0.1, -0.05) is 6.92 Å². The second kappa shape index (κ2) is 7.86. The molecule has 1 aromatic rings. The van der Waals surface area contributed by atoms with E-state index in [4.69, 9.17) is 10.00 Å². The second-order valence-corrected chi connectivity index (χ2v) is 5.19. The fraction of sp³-hybridized carbons (Fsp3) is 0.562. The van der Waals surface area contributed by atoms with E-state index in [1.54, 1.807) is 19.1 Å². The molecule has 0 bridgehead atoms. The number of aryl methyl sites for hydroxylation is 1. The summed E-state index contributed by atoms with van der Waals surface area (Å²) >= 11 is 0. The highest BCUT2D eigenvalue weighted by Gasteiger charge is 2.21. The summed E-state index contributed by atoms with van der Waals surface area (Å²) in [5, 5.41) is 12.3. The number of ether oxygens (including phenoxy) is 1. The number of nitriles is 1. The van der Waals surface area contributed by atoms with Crippen molar-refractivity contribution in [3.63, 3.8) is 0 Å². The lowest BCUT2D eigenvalue weighted by Crippen LogP contribution is -2.40. The predicted octanol–water partition coefficient (Wildman–Crippen LogP) is 3.58. The molecule has 4 heteroatoms. The van der Waals surface area contributed by atoms with Crippen molar-refractivity contribution in [3.05, 3.63) is 29.6 Å². The SMILES string of the molecule is CCNC(C)(C#N)CCCCOc1ccc(F)c(C)c1. The van der Waals surface area contributed by atoms with Crippen molar-refractivity contribution < 1.29 is 9.13 Å². The highest BCUT2D eigenvalue weighted by Crippen LogP contribution is 2.17. The van der Waals surface area contributed by atoms with Crippen molar-refractivity contribution in [2.24, 2.45) is 0 Å². The van der Waals surface area contributed by atoms with Gasteiger partial charge in [-0.2, -0.15) is 5.26 Å². The summed E-state index contributed by atoms with van der Waals surface area (Å²) in [4.78, 5) is 0. The van der Waals surface area contributed by atoms with Crippen LogP contribution in [0.15, 0.2) is 18.2 Å². The first-order valence-electron chi connectivity index (χ1n) is 7.06. The highest BCUT2D eigenvalue weighted by molar-refractivity contribution is 5.28. The smallest absolute Gasteiger partial charge is 0.126 e. The van der Waals surface area contributed by atoms with Crippen LogP contribution in [0.4, 0.5) is 4.39 Å². The maximum absolute atomic E-state index is 13.1. The molecule has 20 heavy (non-hydrogen) atoms. The Morgan fingerprint density at radius 2 is 2.15 bits per heavy atom. The Morgan fingerprint density at radius 3 is 2.75 bits per heavy atom. The van der Waals surface area contributed by atoms with Gasteiger partial charge in [0, 0.05) is 0 Å². The molecule has 1 rings (SSSR count). The number of hydrogen-bond donors (Lipinski definition) is 1. The van der Waals surface area contributed by atoms with Crippen molar-refractivity contribution in [2.75, 3.05) is 13.2 Å². The summed E-state index contributed by atoms with van der Waals surface area (Å²) < 4.78 is 18.7. The third-order valence-electron chi connectivity index (χ3n) is 3.28. The van der Waals surface area contributed by atoms with E-state index in [2.05, 4.69) is 11.4 Å². The van der Waals surface area contributed by atoms with Crippen molar-refractivity contribution in [2.45, 2.75) is 45.6 Å². The van der Waals surface area contributed by atoms with Gasteiger partial charge in [0.05, 0.1) is 12.7 Å². The number of hydrogen-bond acceptors (Lipinski definition) is 3. The van der Waals surface area contributed by atoms with Crippen LogP contribution in [0, 0.1) is 24.1 Å². The molecule has 0 aliphatic heterocycles. The topological polar surface area (TPSA) is 45.0 Å². The molecule has 0 aliphatic rings. The van der Waals surface area contributed by atoms with Gasteiger partial charge in [-0.3, -0.25) is 5.32 Å². The second-order valence-electron chi connectivity index (χ2n) is 5.19. The van der Waals surface area contributed by atoms with Crippen LogP contribution in [-0.2, 0) is 0 Å². The number of halogens is 1. The molecular weight excluding hydrogens is 255 g/mol. The van der Waals surface area contributed by atoms with Crippen LogP contribution < -0.4 is 10.1 Å². The van der Waals surface area contributed by atoms with Gasteiger partial charge < -0.3 is 4.74 Å². The van der Waals surface area contributed by atoms with Gasteiger partial charge in [0.2, 0.25) is 0 Å². The van der Waals surface area contributed by atoms with Crippen molar-refractivity contribution in [1.82, 2.24) is 5.32 Å². The van der Waals surface area contributed by atoms with E-state index < -0.39 is 5.54 Å². The summed E-state index contributed by atoms with van der Waals surface area (Å²) in [6, 6.07) is 7.07. The van der Waals surface area contributed by atoms with Crippen LogP contribution in [0.3, 0.4) is 0 Å². The van der Waals surface area contributed by atoms with Gasteiger partial charge in [-0.25, -0.2) is 4.39 Å². The molecule has 1 atom stereocenters. The van der Waals surface area contributed by atoms with E-state index in [9.17, 15) is 4.39 Å². The van der Waals surface area contributed by atoms with Gasteiger partial charge in [0.25, 0.3) is 0 Å². The fourth-order valence-corrected chi connectivity index (χ4v) is 2.05. The minimum atomic E-state index is -0.457. The van der Waals surface area contributed by atoms with Crippen LogP contribution >= 0.6 is 0 Å². The Labute approximate surface area is 120 Å². The average Bonchev–Trinajstić information content (AvgIpc) is 2.42. The van der Waals surface area contributed by atoms with Crippen molar-refractivity contribution in [1.29, 1.82) is 5.26 Å². The maximum atomic E-state index is 13.1. The Kier molecular flexibility index (Phi) is 6.47. The number of rotatable bonds is 8. The minimum Gasteiger partial charge on any atom is -0.494 e. The van der Waals surface area contributed by atoms with Gasteiger partial charge in [0.1, 0.15) is 17.1 Å².